The number of hydrogen-bond donors (Lipinski definition) is 2. The zero-order valence-electron chi connectivity index (χ0n) is 29.2. The predicted molar refractivity (Wildman–Crippen MR) is 177 cm³/mol. The summed E-state index contributed by atoms with van der Waals surface area (Å²) in [4.78, 5) is 41.9. The zero-order valence-corrected chi connectivity index (χ0v) is 29.2. The lowest BCUT2D eigenvalue weighted by molar-refractivity contribution is -0.171. The topological polar surface area (TPSA) is 129 Å². The van der Waals surface area contributed by atoms with Crippen LogP contribution in [-0.4, -0.2) is 63.9 Å². The van der Waals surface area contributed by atoms with Gasteiger partial charge in [-0.3, -0.25) is 9.59 Å². The summed E-state index contributed by atoms with van der Waals surface area (Å²) in [7, 11) is 1.30. The Bertz CT molecular complexity index is 1800. The number of carbonyl (C=O) groups excluding carboxylic acids is 3. The monoisotopic (exact) mass is 658 g/mol. The van der Waals surface area contributed by atoms with Crippen molar-refractivity contribution in [3.63, 3.8) is 0 Å². The number of phenols is 1. The number of fused-ring (bicyclic) bond motifs is 5. The van der Waals surface area contributed by atoms with E-state index in [1.807, 2.05) is 26.8 Å². The maximum Gasteiger partial charge on any atom is 0.333 e. The molecule has 8 rings (SSSR count). The van der Waals surface area contributed by atoms with Crippen molar-refractivity contribution >= 4 is 17.5 Å². The first-order valence-corrected chi connectivity index (χ1v) is 17.0. The molecule has 256 valence electrons. The lowest BCUT2D eigenvalue weighted by Gasteiger charge is -2.56. The van der Waals surface area contributed by atoms with Gasteiger partial charge in [-0.1, -0.05) is 34.9 Å². The number of methoxy groups -OCH3 is 1. The summed E-state index contributed by atoms with van der Waals surface area (Å²) in [6.45, 7) is 13.4. The zero-order chi connectivity index (χ0) is 34.7. The predicted octanol–water partition coefficient (Wildman–Crippen LogP) is 6.14. The van der Waals surface area contributed by atoms with E-state index in [0.29, 0.717) is 40.9 Å². The number of Topliss-reactive ketones (excluding diaryl/α,β-unsaturated/α-hetero) is 2. The number of rotatable bonds is 6. The average Bonchev–Trinajstić information content (AvgIpc) is 3.19. The molecule has 3 fully saturated rings. The first-order chi connectivity index (χ1) is 22.6. The molecule has 9 nitrogen and oxygen atoms in total. The van der Waals surface area contributed by atoms with Crippen LogP contribution in [0.15, 0.2) is 46.1 Å². The Morgan fingerprint density at radius 1 is 1.08 bits per heavy atom. The molecule has 4 aliphatic carbocycles. The Hall–Kier alpha value is -3.69. The SMILES string of the molecule is COC(=O)/C(C)=C\C[C@@]12OC(C)(C)[C@H]3C[C@@H](C=C4C(=O)c5c(O)c6c(c(C/C=C(\C)CO)c5O[C@]431)O[C@]1(C)CCC(=C(C)C)C6C1)C2=O. The largest absolute Gasteiger partial charge is 0.507 e. The van der Waals surface area contributed by atoms with E-state index in [1.54, 1.807) is 19.1 Å². The molecule has 1 spiro atoms. The summed E-state index contributed by atoms with van der Waals surface area (Å²) >= 11 is 0. The second kappa shape index (κ2) is 10.7. The van der Waals surface area contributed by atoms with Crippen LogP contribution >= 0.6 is 0 Å². The molecule has 3 aliphatic heterocycles. The number of aliphatic hydroxyl groups excluding tert-OH is 1. The van der Waals surface area contributed by atoms with Gasteiger partial charge in [-0.05, 0) is 80.6 Å². The van der Waals surface area contributed by atoms with Gasteiger partial charge in [-0.25, -0.2) is 4.79 Å². The van der Waals surface area contributed by atoms with Crippen molar-refractivity contribution in [3.8, 4) is 17.2 Å². The van der Waals surface area contributed by atoms with E-state index >= 15 is 4.79 Å². The van der Waals surface area contributed by atoms with E-state index in [9.17, 15) is 19.8 Å². The van der Waals surface area contributed by atoms with Crippen LogP contribution in [0, 0.1) is 11.8 Å². The molecule has 6 bridgehead atoms. The smallest absolute Gasteiger partial charge is 0.333 e. The molecule has 1 saturated heterocycles. The van der Waals surface area contributed by atoms with Crippen LogP contribution in [0.5, 0.6) is 17.2 Å². The van der Waals surface area contributed by atoms with E-state index in [1.165, 1.54) is 18.3 Å². The van der Waals surface area contributed by atoms with Crippen molar-refractivity contribution in [2.75, 3.05) is 13.7 Å². The molecule has 0 aromatic heterocycles. The number of benzene rings is 1. The Balaban J connectivity index is 1.52. The van der Waals surface area contributed by atoms with Gasteiger partial charge in [0.15, 0.2) is 22.8 Å². The maximum atomic E-state index is 15.0. The Morgan fingerprint density at radius 3 is 2.48 bits per heavy atom. The van der Waals surface area contributed by atoms with Crippen molar-refractivity contribution in [3.05, 3.63) is 62.8 Å². The quantitative estimate of drug-likeness (QED) is 0.210. The van der Waals surface area contributed by atoms with Gasteiger partial charge in [0.1, 0.15) is 28.4 Å². The van der Waals surface area contributed by atoms with Crippen LogP contribution in [0.1, 0.15) is 108 Å². The van der Waals surface area contributed by atoms with Crippen molar-refractivity contribution in [2.45, 2.75) is 115 Å². The van der Waals surface area contributed by atoms with Gasteiger partial charge in [0.25, 0.3) is 0 Å². The van der Waals surface area contributed by atoms with Crippen molar-refractivity contribution < 1.29 is 43.5 Å². The molecule has 3 heterocycles. The Labute approximate surface area is 281 Å². The fraction of sp³-hybridized carbons (Fsp3) is 0.564. The van der Waals surface area contributed by atoms with Gasteiger partial charge in [-0.2, -0.15) is 0 Å². The summed E-state index contributed by atoms with van der Waals surface area (Å²) < 4.78 is 25.8. The fourth-order valence-electron chi connectivity index (χ4n) is 9.67. The average molecular weight is 659 g/mol. The number of ketones is 2. The third-order valence-electron chi connectivity index (χ3n) is 12.0. The number of phenolic OH excluding ortho intramolecular Hbond substituents is 1. The number of aliphatic hydroxyl groups is 1. The second-order valence-corrected chi connectivity index (χ2v) is 15.6. The fourth-order valence-corrected chi connectivity index (χ4v) is 9.67. The van der Waals surface area contributed by atoms with Crippen molar-refractivity contribution in [1.29, 1.82) is 0 Å². The molecule has 0 amide bonds. The second-order valence-electron chi connectivity index (χ2n) is 15.6. The summed E-state index contributed by atoms with van der Waals surface area (Å²) in [5.74, 6) is -1.65. The van der Waals surface area contributed by atoms with Crippen LogP contribution in [0.2, 0.25) is 0 Å². The molecule has 1 aromatic carbocycles. The van der Waals surface area contributed by atoms with Gasteiger partial charge in [0.2, 0.25) is 0 Å². The number of esters is 1. The maximum absolute atomic E-state index is 15.0. The minimum Gasteiger partial charge on any atom is -0.507 e. The summed E-state index contributed by atoms with van der Waals surface area (Å²) in [6, 6.07) is 0. The van der Waals surface area contributed by atoms with E-state index in [-0.39, 0.29) is 59.9 Å². The van der Waals surface area contributed by atoms with Crippen LogP contribution in [-0.2, 0) is 25.5 Å². The summed E-state index contributed by atoms with van der Waals surface area (Å²) in [6.07, 6.45) is 8.28. The first kappa shape index (κ1) is 32.8. The van der Waals surface area contributed by atoms with Crippen LogP contribution in [0.3, 0.4) is 0 Å². The van der Waals surface area contributed by atoms with Gasteiger partial charge in [0, 0.05) is 46.4 Å². The van der Waals surface area contributed by atoms with E-state index in [2.05, 4.69) is 20.8 Å². The lowest BCUT2D eigenvalue weighted by Crippen LogP contribution is -2.72. The van der Waals surface area contributed by atoms with Gasteiger partial charge >= 0.3 is 5.97 Å². The van der Waals surface area contributed by atoms with E-state index in [0.717, 1.165) is 18.4 Å². The minimum absolute atomic E-state index is 0.000490. The molecule has 2 saturated carbocycles. The molecule has 1 aromatic rings. The van der Waals surface area contributed by atoms with Gasteiger partial charge < -0.3 is 29.2 Å². The van der Waals surface area contributed by atoms with Gasteiger partial charge in [-0.15, -0.1) is 0 Å². The molecule has 0 radical (unpaired) electrons. The number of hydrogen-bond acceptors (Lipinski definition) is 9. The van der Waals surface area contributed by atoms with Crippen LogP contribution in [0.25, 0.3) is 0 Å². The van der Waals surface area contributed by atoms with Crippen molar-refractivity contribution in [2.24, 2.45) is 11.8 Å². The van der Waals surface area contributed by atoms with E-state index in [4.69, 9.17) is 18.9 Å². The number of ether oxygens (including phenoxy) is 4. The molecule has 9 heteroatoms. The number of allylic oxidation sites excluding steroid dienone is 4. The summed E-state index contributed by atoms with van der Waals surface area (Å²) in [5.41, 5.74) is 0.605. The Morgan fingerprint density at radius 2 is 1.81 bits per heavy atom. The molecule has 48 heavy (non-hydrogen) atoms. The van der Waals surface area contributed by atoms with Crippen molar-refractivity contribution in [1.82, 2.24) is 0 Å². The first-order valence-electron chi connectivity index (χ1n) is 17.0. The number of carbonyl (C=O) groups is 3. The highest BCUT2D eigenvalue weighted by atomic mass is 16.6. The normalized spacial score (nSPS) is 34.1. The standard InChI is InChI=1S/C39H46O9/c1-19(2)23-12-13-37(7)17-25(23)28-31(42)29-30(41)26-15-22-16-27-36(5,6)48-38(34(22)43,14-11-21(4)35(44)45-8)39(26,27)47-33(29)24(32(28)46-37)10-9-20(3)18-40/h9,11,15,22,25,27,40,42H,10,12-14,16-18H2,1-8H3/b20-9+,21-11-/t22-,25?,27-,37-,38+,39-/m1/s1. The molecule has 6 atom stereocenters. The minimum atomic E-state index is -1.60. The third kappa shape index (κ3) is 4.19. The van der Waals surface area contributed by atoms with Crippen LogP contribution in [0.4, 0.5) is 0 Å². The number of aromatic hydroxyl groups is 1. The van der Waals surface area contributed by atoms with E-state index < -0.39 is 34.3 Å². The molecular formula is C39H46O9. The third-order valence-corrected chi connectivity index (χ3v) is 12.0. The highest BCUT2D eigenvalue weighted by Gasteiger charge is 2.81. The highest BCUT2D eigenvalue weighted by molar-refractivity contribution is 6.18. The van der Waals surface area contributed by atoms with Crippen LogP contribution < -0.4 is 9.47 Å². The molecular weight excluding hydrogens is 612 g/mol. The highest BCUT2D eigenvalue weighted by Crippen LogP contribution is 2.69. The lowest BCUT2D eigenvalue weighted by atomic mass is 9.51. The molecule has 2 N–H and O–H groups in total. The van der Waals surface area contributed by atoms with Gasteiger partial charge in [0.05, 0.1) is 19.3 Å². The molecule has 7 aliphatic rings. The Kier molecular flexibility index (Phi) is 7.29. The summed E-state index contributed by atoms with van der Waals surface area (Å²) in [5, 5.41) is 22.1. The molecule has 1 unspecified atom stereocenters.